The van der Waals surface area contributed by atoms with Crippen molar-refractivity contribution in [2.45, 2.75) is 26.2 Å². The van der Waals surface area contributed by atoms with E-state index in [1.54, 1.807) is 30.3 Å². The third-order valence-electron chi connectivity index (χ3n) is 4.96. The highest BCUT2D eigenvalue weighted by atomic mass is 16.4. The minimum absolute atomic E-state index is 0.139. The number of aryl methyl sites for hydroxylation is 1. The normalized spacial score (nSPS) is 19.3. The first-order valence-corrected chi connectivity index (χ1v) is 9.36. The lowest BCUT2D eigenvalue weighted by molar-refractivity contribution is -0.122. The van der Waals surface area contributed by atoms with Gasteiger partial charge >= 0.3 is 6.03 Å². The second-order valence-corrected chi connectivity index (χ2v) is 7.02. The van der Waals surface area contributed by atoms with Gasteiger partial charge in [-0.1, -0.05) is 17.7 Å². The van der Waals surface area contributed by atoms with Crippen molar-refractivity contribution in [2.24, 2.45) is 0 Å². The number of urea groups is 1. The molecule has 2 aliphatic rings. The molecule has 2 aromatic rings. The number of benzene rings is 1. The molecule has 2 aliphatic heterocycles. The van der Waals surface area contributed by atoms with Crippen LogP contribution >= 0.6 is 0 Å². The van der Waals surface area contributed by atoms with E-state index in [4.69, 9.17) is 4.42 Å². The fraction of sp³-hybridized carbons (Fsp3) is 0.286. The minimum atomic E-state index is -0.760. The number of rotatable bonds is 3. The van der Waals surface area contributed by atoms with E-state index in [9.17, 15) is 14.4 Å². The summed E-state index contributed by atoms with van der Waals surface area (Å²) < 4.78 is 5.82. The molecule has 1 aromatic heterocycles. The van der Waals surface area contributed by atoms with Crippen LogP contribution in [-0.2, 0) is 9.59 Å². The average molecular weight is 379 g/mol. The van der Waals surface area contributed by atoms with Crippen molar-refractivity contribution in [2.75, 3.05) is 22.9 Å². The van der Waals surface area contributed by atoms with Gasteiger partial charge in [0.2, 0.25) is 0 Å². The summed E-state index contributed by atoms with van der Waals surface area (Å²) in [6.07, 6.45) is 4.83. The van der Waals surface area contributed by atoms with Crippen LogP contribution in [0.5, 0.6) is 0 Å². The number of anilines is 2. The summed E-state index contributed by atoms with van der Waals surface area (Å²) in [7, 11) is 0. The summed E-state index contributed by atoms with van der Waals surface area (Å²) in [4.78, 5) is 40.5. The molecule has 0 saturated carbocycles. The average Bonchev–Trinajstić information content (AvgIpc) is 3.16. The molecule has 0 radical (unpaired) electrons. The lowest BCUT2D eigenvalue weighted by Crippen LogP contribution is -2.54. The number of nitrogens with zero attached hydrogens (tertiary/aromatic N) is 2. The Morgan fingerprint density at radius 2 is 1.68 bits per heavy atom. The Morgan fingerprint density at radius 3 is 2.39 bits per heavy atom. The molecule has 2 saturated heterocycles. The molecule has 0 bridgehead atoms. The molecule has 0 unspecified atom stereocenters. The Bertz CT molecular complexity index is 952. The van der Waals surface area contributed by atoms with Crippen LogP contribution in [0.4, 0.5) is 16.4 Å². The first-order chi connectivity index (χ1) is 13.5. The van der Waals surface area contributed by atoms with Crippen LogP contribution in [0.3, 0.4) is 0 Å². The van der Waals surface area contributed by atoms with Crippen molar-refractivity contribution in [3.63, 3.8) is 0 Å². The van der Waals surface area contributed by atoms with Gasteiger partial charge in [-0.3, -0.25) is 14.9 Å². The molecular weight excluding hydrogens is 358 g/mol. The molecule has 4 rings (SSSR count). The molecule has 7 nitrogen and oxygen atoms in total. The molecular formula is C21H21N3O4. The van der Waals surface area contributed by atoms with Crippen molar-refractivity contribution in [1.82, 2.24) is 5.32 Å². The van der Waals surface area contributed by atoms with Gasteiger partial charge in [-0.2, -0.15) is 0 Å². The summed E-state index contributed by atoms with van der Waals surface area (Å²) in [5, 5.41) is 2.22. The quantitative estimate of drug-likeness (QED) is 0.654. The predicted molar refractivity (Wildman–Crippen MR) is 105 cm³/mol. The van der Waals surface area contributed by atoms with E-state index in [1.807, 2.05) is 13.0 Å². The van der Waals surface area contributed by atoms with Crippen LogP contribution in [-0.4, -0.2) is 30.9 Å². The number of hydrogen-bond donors (Lipinski definition) is 1. The van der Waals surface area contributed by atoms with Crippen molar-refractivity contribution in [3.8, 4) is 0 Å². The van der Waals surface area contributed by atoms with E-state index >= 15 is 0 Å². The van der Waals surface area contributed by atoms with Crippen LogP contribution < -0.4 is 15.1 Å². The monoisotopic (exact) mass is 379 g/mol. The number of carbonyl (C=O) groups is 3. The van der Waals surface area contributed by atoms with Gasteiger partial charge in [-0.15, -0.1) is 0 Å². The van der Waals surface area contributed by atoms with Gasteiger partial charge in [0.1, 0.15) is 11.3 Å². The zero-order chi connectivity index (χ0) is 19.7. The number of furan rings is 1. The number of carbonyl (C=O) groups excluding carboxylic acids is 3. The van der Waals surface area contributed by atoms with Gasteiger partial charge in [-0.25, -0.2) is 9.69 Å². The zero-order valence-electron chi connectivity index (χ0n) is 15.6. The molecule has 144 valence electrons. The van der Waals surface area contributed by atoms with Crippen LogP contribution in [0.2, 0.25) is 0 Å². The summed E-state index contributed by atoms with van der Waals surface area (Å²) in [6, 6.07) is 9.74. The summed E-state index contributed by atoms with van der Waals surface area (Å²) in [5.74, 6) is -0.276. The second kappa shape index (κ2) is 7.34. The van der Waals surface area contributed by atoms with E-state index in [0.29, 0.717) is 11.4 Å². The maximum atomic E-state index is 12.9. The lowest BCUT2D eigenvalue weighted by atomic mass is 10.1. The Morgan fingerprint density at radius 1 is 0.964 bits per heavy atom. The molecule has 0 atom stereocenters. The molecule has 2 fully saturated rings. The summed E-state index contributed by atoms with van der Waals surface area (Å²) in [5.41, 5.74) is 1.26. The highest BCUT2D eigenvalue weighted by Crippen LogP contribution is 2.26. The van der Waals surface area contributed by atoms with E-state index in [2.05, 4.69) is 10.2 Å². The Kier molecular flexibility index (Phi) is 4.73. The number of barbiturate groups is 1. The number of piperidine rings is 1. The van der Waals surface area contributed by atoms with Crippen molar-refractivity contribution in [1.29, 1.82) is 0 Å². The Balaban J connectivity index is 1.61. The fourth-order valence-corrected chi connectivity index (χ4v) is 3.43. The van der Waals surface area contributed by atoms with Crippen LogP contribution in [0.15, 0.2) is 46.4 Å². The van der Waals surface area contributed by atoms with E-state index in [1.165, 1.54) is 12.5 Å². The van der Waals surface area contributed by atoms with Gasteiger partial charge in [0.15, 0.2) is 5.88 Å². The van der Waals surface area contributed by atoms with Gasteiger partial charge in [0, 0.05) is 19.2 Å². The Hall–Kier alpha value is -3.35. The highest BCUT2D eigenvalue weighted by molar-refractivity contribution is 6.39. The maximum absolute atomic E-state index is 12.9. The van der Waals surface area contributed by atoms with Gasteiger partial charge in [0.05, 0.1) is 5.69 Å². The zero-order valence-corrected chi connectivity index (χ0v) is 15.6. The minimum Gasteiger partial charge on any atom is -0.441 e. The molecule has 1 N–H and O–H groups in total. The lowest BCUT2D eigenvalue weighted by Gasteiger charge is -2.26. The van der Waals surface area contributed by atoms with Crippen LogP contribution in [0, 0.1) is 6.92 Å². The first-order valence-electron chi connectivity index (χ1n) is 9.36. The maximum Gasteiger partial charge on any atom is 0.335 e. The van der Waals surface area contributed by atoms with Crippen LogP contribution in [0.1, 0.15) is 30.6 Å². The first kappa shape index (κ1) is 18.0. The fourth-order valence-electron chi connectivity index (χ4n) is 3.43. The van der Waals surface area contributed by atoms with E-state index in [0.717, 1.165) is 42.3 Å². The van der Waals surface area contributed by atoms with E-state index < -0.39 is 17.8 Å². The van der Waals surface area contributed by atoms with E-state index in [-0.39, 0.29) is 5.57 Å². The molecule has 1 aromatic carbocycles. The highest BCUT2D eigenvalue weighted by Gasteiger charge is 2.37. The van der Waals surface area contributed by atoms with Gasteiger partial charge < -0.3 is 9.32 Å². The smallest absolute Gasteiger partial charge is 0.335 e. The molecule has 7 heteroatoms. The predicted octanol–water partition coefficient (Wildman–Crippen LogP) is 3.24. The SMILES string of the molecule is Cc1ccc(N2C(=O)NC(=O)C(=Cc3ccc(N4CCCCC4)o3)C2=O)cc1. The summed E-state index contributed by atoms with van der Waals surface area (Å²) in [6.45, 7) is 3.77. The molecule has 4 amide bonds. The van der Waals surface area contributed by atoms with Crippen molar-refractivity contribution >= 4 is 35.5 Å². The number of amides is 4. The van der Waals surface area contributed by atoms with Gasteiger partial charge in [0.25, 0.3) is 11.8 Å². The topological polar surface area (TPSA) is 82.9 Å². The van der Waals surface area contributed by atoms with Gasteiger partial charge in [-0.05, 0) is 50.5 Å². The molecule has 0 spiro atoms. The Labute approximate surface area is 162 Å². The molecule has 0 aliphatic carbocycles. The van der Waals surface area contributed by atoms with Crippen LogP contribution in [0.25, 0.3) is 6.08 Å². The van der Waals surface area contributed by atoms with Crippen molar-refractivity contribution in [3.05, 3.63) is 53.3 Å². The molecule has 28 heavy (non-hydrogen) atoms. The number of hydrogen-bond acceptors (Lipinski definition) is 5. The third-order valence-corrected chi connectivity index (χ3v) is 4.96. The number of imide groups is 2. The summed E-state index contributed by atoms with van der Waals surface area (Å²) >= 11 is 0. The van der Waals surface area contributed by atoms with Crippen molar-refractivity contribution < 1.29 is 18.8 Å². The standard InChI is InChI=1S/C21H21N3O4/c1-14-5-7-15(8-6-14)24-20(26)17(19(25)22-21(24)27)13-16-9-10-18(28-16)23-11-3-2-4-12-23/h5-10,13H,2-4,11-12H2,1H3,(H,22,25,27). The third kappa shape index (κ3) is 3.43. The number of nitrogens with one attached hydrogen (secondary N) is 1. The largest absolute Gasteiger partial charge is 0.441 e. The second-order valence-electron chi connectivity index (χ2n) is 7.02. The molecule has 3 heterocycles.